The molecule has 0 aromatic heterocycles. The van der Waals surface area contributed by atoms with Gasteiger partial charge in [0.05, 0.1) is 84.8 Å². The van der Waals surface area contributed by atoms with Gasteiger partial charge in [-0.1, -0.05) is 51.4 Å². The third-order valence-corrected chi connectivity index (χ3v) is 10.4. The molecule has 2 fully saturated rings. The minimum Gasteiger partial charge on any atom is -0.447 e. The second-order valence-electron chi connectivity index (χ2n) is 12.9. The van der Waals surface area contributed by atoms with E-state index in [0.717, 1.165) is 43.8 Å². The van der Waals surface area contributed by atoms with E-state index in [1.807, 2.05) is 11.8 Å². The molecule has 3 unspecified atom stereocenters. The number of nitrogens with one attached hydrogen (secondary N) is 4. The molecule has 304 valence electrons. The van der Waals surface area contributed by atoms with Gasteiger partial charge < -0.3 is 54.4 Å². The van der Waals surface area contributed by atoms with Gasteiger partial charge in [0.15, 0.2) is 0 Å². The summed E-state index contributed by atoms with van der Waals surface area (Å²) in [6, 6.07) is 0.342. The molecule has 2 aliphatic heterocycles. The van der Waals surface area contributed by atoms with Crippen LogP contribution in [0.4, 0.5) is 9.59 Å². The third kappa shape index (κ3) is 26.3. The van der Waals surface area contributed by atoms with Gasteiger partial charge in [-0.2, -0.15) is 24.4 Å². The Morgan fingerprint density at radius 1 is 0.615 bits per heavy atom. The Bertz CT molecular complexity index is 898. The minimum absolute atomic E-state index is 0.0406. The summed E-state index contributed by atoms with van der Waals surface area (Å²) in [7, 11) is 0. The minimum atomic E-state index is -0.554. The van der Waals surface area contributed by atoms with Crippen LogP contribution in [0, 0.1) is 0 Å². The average Bonchev–Trinajstić information content (AvgIpc) is 3.70. The quantitative estimate of drug-likeness (QED) is 0.0351. The molecule has 0 radical (unpaired) electrons. The van der Waals surface area contributed by atoms with Crippen molar-refractivity contribution < 1.29 is 47.5 Å². The first-order chi connectivity index (χ1) is 25.6. The standard InChI is InChI=1S/C36H68N4O10S2/c41-33(13-9-8-12-32-34-31(30-52-32)39-35(42)40-34)37-14-15-38-36(43)50-28-27-49-26-25-48-24-23-47-22-21-46-20-19-45-18-17-44-16-10-6-4-2-1-3-5-7-11-29-51/h31-32,34,51H,1-30H2,(H,37,41)(H,38,43)(H2,39,40,42). The van der Waals surface area contributed by atoms with E-state index in [1.165, 1.54) is 51.4 Å². The lowest BCUT2D eigenvalue weighted by atomic mass is 10.0. The van der Waals surface area contributed by atoms with Gasteiger partial charge >= 0.3 is 12.1 Å². The summed E-state index contributed by atoms with van der Waals surface area (Å²) in [5, 5.41) is 11.7. The summed E-state index contributed by atoms with van der Waals surface area (Å²) in [6.07, 6.45) is 14.2. The Hall–Kier alpha value is -1.53. The number of alkyl carbamates (subject to hydrolysis) is 1. The van der Waals surface area contributed by atoms with Crippen LogP contribution in [0.5, 0.6) is 0 Å². The second-order valence-corrected chi connectivity index (χ2v) is 14.6. The lowest BCUT2D eigenvalue weighted by Crippen LogP contribution is -2.36. The van der Waals surface area contributed by atoms with E-state index in [1.54, 1.807) is 0 Å². The molecule has 3 atom stereocenters. The number of ether oxygens (including phenoxy) is 7. The SMILES string of the molecule is O=C(CCCCC1SCC2NC(=O)NC21)NCCNC(=O)OCCOCCOCCOCCOCCOCCOCCCCCCCCCCCS. The molecule has 4 amide bonds. The maximum atomic E-state index is 12.0. The first-order valence-electron chi connectivity index (χ1n) is 19.5. The Labute approximate surface area is 321 Å². The first kappa shape index (κ1) is 46.6. The summed E-state index contributed by atoms with van der Waals surface area (Å²) in [5.41, 5.74) is 0. The van der Waals surface area contributed by atoms with Crippen LogP contribution in [0.3, 0.4) is 0 Å². The van der Waals surface area contributed by atoms with Gasteiger partial charge in [0.2, 0.25) is 5.91 Å². The molecule has 2 saturated heterocycles. The van der Waals surface area contributed by atoms with Gasteiger partial charge in [-0.25, -0.2) is 9.59 Å². The van der Waals surface area contributed by atoms with Gasteiger partial charge in [0, 0.05) is 37.1 Å². The topological polar surface area (TPSA) is 164 Å². The molecule has 14 nitrogen and oxygen atoms in total. The number of fused-ring (bicyclic) bond motifs is 1. The van der Waals surface area contributed by atoms with E-state index in [4.69, 9.17) is 33.2 Å². The van der Waals surface area contributed by atoms with Crippen molar-refractivity contribution in [3.05, 3.63) is 0 Å². The van der Waals surface area contributed by atoms with E-state index < -0.39 is 6.09 Å². The molecular weight excluding hydrogens is 713 g/mol. The molecule has 4 N–H and O–H groups in total. The van der Waals surface area contributed by atoms with Crippen LogP contribution in [-0.2, 0) is 38.0 Å². The molecule has 0 aromatic carbocycles. The molecule has 2 heterocycles. The Balaban J connectivity index is 1.18. The maximum absolute atomic E-state index is 12.0. The van der Waals surface area contributed by atoms with Crippen LogP contribution in [0.1, 0.15) is 83.5 Å². The van der Waals surface area contributed by atoms with Gasteiger partial charge in [0.1, 0.15) is 6.61 Å². The van der Waals surface area contributed by atoms with E-state index in [9.17, 15) is 14.4 Å². The summed E-state index contributed by atoms with van der Waals surface area (Å²) < 4.78 is 38.1. The molecule has 52 heavy (non-hydrogen) atoms. The Morgan fingerprint density at radius 3 is 1.69 bits per heavy atom. The molecular formula is C36H68N4O10S2. The highest BCUT2D eigenvalue weighted by atomic mass is 32.2. The maximum Gasteiger partial charge on any atom is 0.407 e. The normalized spacial score (nSPS) is 17.9. The molecule has 16 heteroatoms. The number of rotatable bonds is 37. The predicted octanol–water partition coefficient (Wildman–Crippen LogP) is 4.09. The smallest absolute Gasteiger partial charge is 0.407 e. The predicted molar refractivity (Wildman–Crippen MR) is 207 cm³/mol. The summed E-state index contributed by atoms with van der Waals surface area (Å²) in [5.74, 6) is 1.91. The summed E-state index contributed by atoms with van der Waals surface area (Å²) >= 11 is 6.13. The fourth-order valence-corrected chi connectivity index (χ4v) is 7.50. The van der Waals surface area contributed by atoms with Crippen molar-refractivity contribution in [3.8, 4) is 0 Å². The van der Waals surface area contributed by atoms with Crippen LogP contribution in [0.15, 0.2) is 0 Å². The van der Waals surface area contributed by atoms with Crippen molar-refractivity contribution in [2.45, 2.75) is 101 Å². The lowest BCUT2D eigenvalue weighted by molar-refractivity contribution is -0.121. The fraction of sp³-hybridized carbons (Fsp3) is 0.917. The first-order valence-corrected chi connectivity index (χ1v) is 21.2. The number of hydrogen-bond acceptors (Lipinski definition) is 12. The number of thiol groups is 1. The van der Waals surface area contributed by atoms with Crippen LogP contribution in [0.2, 0.25) is 0 Å². The van der Waals surface area contributed by atoms with Crippen molar-refractivity contribution in [1.29, 1.82) is 0 Å². The summed E-state index contributed by atoms with van der Waals surface area (Å²) in [6.45, 7) is 6.82. The molecule has 0 aromatic rings. The second kappa shape index (κ2) is 34.0. The number of carbonyl (C=O) groups excluding carboxylic acids is 3. The highest BCUT2D eigenvalue weighted by Crippen LogP contribution is 2.33. The van der Waals surface area contributed by atoms with Crippen molar-refractivity contribution in [1.82, 2.24) is 21.3 Å². The number of carbonyl (C=O) groups is 3. The van der Waals surface area contributed by atoms with Gasteiger partial charge in [0.25, 0.3) is 0 Å². The largest absolute Gasteiger partial charge is 0.447 e. The van der Waals surface area contributed by atoms with E-state index in [2.05, 4.69) is 33.9 Å². The van der Waals surface area contributed by atoms with Gasteiger partial charge in [-0.15, -0.1) is 0 Å². The van der Waals surface area contributed by atoms with Crippen molar-refractivity contribution in [2.24, 2.45) is 0 Å². The highest BCUT2D eigenvalue weighted by Gasteiger charge is 2.42. The van der Waals surface area contributed by atoms with Gasteiger partial charge in [-0.05, 0) is 31.4 Å². The lowest BCUT2D eigenvalue weighted by Gasteiger charge is -2.16. The van der Waals surface area contributed by atoms with Crippen molar-refractivity contribution in [2.75, 3.05) is 110 Å². The van der Waals surface area contributed by atoms with Crippen LogP contribution in [-0.4, -0.2) is 146 Å². The van der Waals surface area contributed by atoms with Crippen molar-refractivity contribution >= 4 is 42.4 Å². The number of thioether (sulfide) groups is 1. The highest BCUT2D eigenvalue weighted by molar-refractivity contribution is 8.00. The molecule has 0 bridgehead atoms. The number of amides is 4. The van der Waals surface area contributed by atoms with Crippen molar-refractivity contribution in [3.63, 3.8) is 0 Å². The fourth-order valence-electron chi connectivity index (χ4n) is 5.73. The Kier molecular flexibility index (Phi) is 30.5. The van der Waals surface area contributed by atoms with Crippen LogP contribution in [0.25, 0.3) is 0 Å². The molecule has 0 saturated carbocycles. The zero-order valence-electron chi connectivity index (χ0n) is 31.4. The zero-order chi connectivity index (χ0) is 37.2. The third-order valence-electron chi connectivity index (χ3n) is 8.56. The number of urea groups is 1. The Morgan fingerprint density at radius 2 is 1.12 bits per heavy atom. The van der Waals surface area contributed by atoms with Crippen LogP contribution < -0.4 is 21.3 Å². The molecule has 0 spiro atoms. The molecule has 2 aliphatic rings. The molecule has 0 aliphatic carbocycles. The van der Waals surface area contributed by atoms with Gasteiger partial charge in [-0.3, -0.25) is 4.79 Å². The average molecular weight is 781 g/mol. The summed E-state index contributed by atoms with van der Waals surface area (Å²) in [4.78, 5) is 35.3. The number of unbranched alkanes of at least 4 members (excludes halogenated alkanes) is 9. The van der Waals surface area contributed by atoms with E-state index >= 15 is 0 Å². The van der Waals surface area contributed by atoms with E-state index in [-0.39, 0.29) is 43.8 Å². The zero-order valence-corrected chi connectivity index (χ0v) is 33.1. The number of hydrogen-bond donors (Lipinski definition) is 5. The van der Waals surface area contributed by atoms with Crippen LogP contribution >= 0.6 is 24.4 Å². The molecule has 2 rings (SSSR count). The van der Waals surface area contributed by atoms with E-state index in [0.29, 0.717) is 84.3 Å². The monoisotopic (exact) mass is 780 g/mol.